The number of hydrogen-bond acceptors (Lipinski definition) is 4. The Hall–Kier alpha value is -2.65. The summed E-state index contributed by atoms with van der Waals surface area (Å²) in [5.41, 5.74) is 1.61. The molecule has 6 heteroatoms. The predicted octanol–water partition coefficient (Wildman–Crippen LogP) is 2.73. The van der Waals surface area contributed by atoms with Crippen molar-refractivity contribution in [3.05, 3.63) is 67.7 Å². The lowest BCUT2D eigenvalue weighted by Gasteiger charge is -2.14. The Morgan fingerprint density at radius 1 is 1.17 bits per heavy atom. The summed E-state index contributed by atoms with van der Waals surface area (Å²) in [5, 5.41) is 10.7. The third-order valence-electron chi connectivity index (χ3n) is 3.73. The van der Waals surface area contributed by atoms with Gasteiger partial charge in [-0.05, 0) is 43.0 Å². The molecular weight excluding hydrogens is 310 g/mol. The number of nitrogens with zero attached hydrogens (tertiary/aromatic N) is 3. The van der Waals surface area contributed by atoms with Gasteiger partial charge >= 0.3 is 5.69 Å². The molecule has 3 rings (SSSR count). The minimum Gasteiger partial charge on any atom is -0.288 e. The zero-order valence-electron chi connectivity index (χ0n) is 12.8. The fourth-order valence-corrected chi connectivity index (χ4v) is 3.41. The van der Waals surface area contributed by atoms with Gasteiger partial charge in [-0.1, -0.05) is 12.1 Å². The van der Waals surface area contributed by atoms with E-state index in [0.29, 0.717) is 22.3 Å². The van der Waals surface area contributed by atoms with Crippen molar-refractivity contribution in [3.8, 4) is 6.07 Å². The Bertz CT molecular complexity index is 1020. The van der Waals surface area contributed by atoms with Crippen molar-refractivity contribution in [2.75, 3.05) is 0 Å². The molecule has 2 heterocycles. The molecule has 0 spiro atoms. The lowest BCUT2D eigenvalue weighted by Crippen LogP contribution is -2.40. The van der Waals surface area contributed by atoms with E-state index in [-0.39, 0.29) is 17.3 Å². The van der Waals surface area contributed by atoms with Crippen LogP contribution < -0.4 is 11.2 Å². The van der Waals surface area contributed by atoms with Crippen LogP contribution in [0.15, 0.2) is 45.3 Å². The largest absolute Gasteiger partial charge is 0.332 e. The van der Waals surface area contributed by atoms with Crippen molar-refractivity contribution >= 4 is 21.6 Å². The summed E-state index contributed by atoms with van der Waals surface area (Å²) in [5.74, 6) is 0. The number of benzene rings is 1. The molecule has 0 atom stereocenters. The van der Waals surface area contributed by atoms with Gasteiger partial charge in [0.2, 0.25) is 0 Å². The summed E-state index contributed by atoms with van der Waals surface area (Å²) in [6.45, 7) is 4.02. The van der Waals surface area contributed by atoms with Gasteiger partial charge in [0.05, 0.1) is 23.7 Å². The van der Waals surface area contributed by atoms with Gasteiger partial charge in [-0.2, -0.15) is 5.26 Å². The minimum absolute atomic E-state index is 0.200. The highest BCUT2D eigenvalue weighted by atomic mass is 32.1. The van der Waals surface area contributed by atoms with Crippen LogP contribution in [-0.4, -0.2) is 9.13 Å². The Morgan fingerprint density at radius 2 is 1.87 bits per heavy atom. The maximum absolute atomic E-state index is 12.7. The topological polar surface area (TPSA) is 67.8 Å². The smallest absolute Gasteiger partial charge is 0.288 e. The van der Waals surface area contributed by atoms with Crippen LogP contribution in [0.2, 0.25) is 0 Å². The number of hydrogen-bond donors (Lipinski definition) is 0. The number of rotatable bonds is 3. The van der Waals surface area contributed by atoms with Gasteiger partial charge in [-0.25, -0.2) is 4.79 Å². The molecule has 0 saturated heterocycles. The Balaban J connectivity index is 2.20. The van der Waals surface area contributed by atoms with E-state index in [1.807, 2.05) is 31.4 Å². The number of fused-ring (bicyclic) bond motifs is 1. The average molecular weight is 325 g/mol. The molecular formula is C17H15N3O2S. The van der Waals surface area contributed by atoms with Crippen molar-refractivity contribution in [2.24, 2.45) is 0 Å². The molecule has 0 fully saturated rings. The van der Waals surface area contributed by atoms with Crippen LogP contribution in [0.25, 0.3) is 10.2 Å². The number of aromatic nitrogens is 2. The van der Waals surface area contributed by atoms with Gasteiger partial charge in [-0.3, -0.25) is 13.9 Å². The maximum atomic E-state index is 12.7. The van der Waals surface area contributed by atoms with E-state index < -0.39 is 0 Å². The minimum atomic E-state index is -0.305. The first-order valence-corrected chi connectivity index (χ1v) is 8.12. The van der Waals surface area contributed by atoms with Crippen molar-refractivity contribution in [1.82, 2.24) is 9.13 Å². The molecule has 0 amide bonds. The van der Waals surface area contributed by atoms with Crippen molar-refractivity contribution < 1.29 is 0 Å². The maximum Gasteiger partial charge on any atom is 0.332 e. The summed E-state index contributed by atoms with van der Waals surface area (Å²) < 4.78 is 3.50. The zero-order chi connectivity index (χ0) is 16.6. The summed E-state index contributed by atoms with van der Waals surface area (Å²) >= 11 is 1.35. The van der Waals surface area contributed by atoms with Crippen molar-refractivity contribution in [3.63, 3.8) is 0 Å². The quantitative estimate of drug-likeness (QED) is 0.743. The van der Waals surface area contributed by atoms with Crippen LogP contribution in [0.1, 0.15) is 31.0 Å². The van der Waals surface area contributed by atoms with Gasteiger partial charge in [-0.15, -0.1) is 11.3 Å². The third kappa shape index (κ3) is 2.60. The molecule has 23 heavy (non-hydrogen) atoms. The van der Waals surface area contributed by atoms with Crippen molar-refractivity contribution in [2.45, 2.75) is 26.4 Å². The monoisotopic (exact) mass is 325 g/mol. The molecule has 0 aliphatic rings. The molecule has 1 aromatic carbocycles. The first-order chi connectivity index (χ1) is 11.0. The van der Waals surface area contributed by atoms with E-state index in [4.69, 9.17) is 5.26 Å². The second kappa shape index (κ2) is 5.86. The predicted molar refractivity (Wildman–Crippen MR) is 91.0 cm³/mol. The van der Waals surface area contributed by atoms with E-state index in [1.54, 1.807) is 22.8 Å². The number of nitriles is 1. The fourth-order valence-electron chi connectivity index (χ4n) is 2.58. The molecule has 0 N–H and O–H groups in total. The van der Waals surface area contributed by atoms with Crippen LogP contribution >= 0.6 is 11.3 Å². The SMILES string of the molecule is CC(C)n1c(=O)c2sccc2n(Cc2ccc(C#N)cc2)c1=O. The van der Waals surface area contributed by atoms with Crippen LogP contribution in [0, 0.1) is 11.3 Å². The van der Waals surface area contributed by atoms with Gasteiger partial charge in [0.15, 0.2) is 0 Å². The molecule has 2 aromatic heterocycles. The lowest BCUT2D eigenvalue weighted by atomic mass is 10.1. The molecule has 0 radical (unpaired) electrons. The second-order valence-electron chi connectivity index (χ2n) is 5.58. The Kier molecular flexibility index (Phi) is 3.89. The molecule has 3 aromatic rings. The highest BCUT2D eigenvalue weighted by molar-refractivity contribution is 7.17. The molecule has 0 aliphatic carbocycles. The van der Waals surface area contributed by atoms with E-state index in [9.17, 15) is 9.59 Å². The van der Waals surface area contributed by atoms with Gasteiger partial charge in [0.1, 0.15) is 4.70 Å². The summed E-state index contributed by atoms with van der Waals surface area (Å²) in [6, 6.07) is 10.8. The first kappa shape index (κ1) is 15.3. The molecule has 0 bridgehead atoms. The van der Waals surface area contributed by atoms with E-state index >= 15 is 0 Å². The normalized spacial score (nSPS) is 11.0. The average Bonchev–Trinajstić information content (AvgIpc) is 3.01. The van der Waals surface area contributed by atoms with E-state index in [0.717, 1.165) is 5.56 Å². The molecule has 0 unspecified atom stereocenters. The fraction of sp³-hybridized carbons (Fsp3) is 0.235. The van der Waals surface area contributed by atoms with E-state index in [1.165, 1.54) is 15.9 Å². The summed E-state index contributed by atoms with van der Waals surface area (Å²) in [4.78, 5) is 25.2. The molecule has 0 aliphatic heterocycles. The van der Waals surface area contributed by atoms with Crippen LogP contribution in [0.4, 0.5) is 0 Å². The second-order valence-corrected chi connectivity index (χ2v) is 6.50. The van der Waals surface area contributed by atoms with Gasteiger partial charge < -0.3 is 0 Å². The Labute approximate surface area is 136 Å². The third-order valence-corrected chi connectivity index (χ3v) is 4.62. The molecule has 0 saturated carbocycles. The Morgan fingerprint density at radius 3 is 2.48 bits per heavy atom. The molecule has 116 valence electrons. The first-order valence-electron chi connectivity index (χ1n) is 7.24. The summed E-state index contributed by atoms with van der Waals surface area (Å²) in [7, 11) is 0. The van der Waals surface area contributed by atoms with Gasteiger partial charge in [0.25, 0.3) is 5.56 Å². The zero-order valence-corrected chi connectivity index (χ0v) is 13.6. The van der Waals surface area contributed by atoms with Gasteiger partial charge in [0, 0.05) is 6.04 Å². The standard InChI is InChI=1S/C17H15N3O2S/c1-11(2)20-16(21)15-14(7-8-23-15)19(17(20)22)10-13-5-3-12(9-18)4-6-13/h3-8,11H,10H2,1-2H3. The molecule has 5 nitrogen and oxygen atoms in total. The highest BCUT2D eigenvalue weighted by Crippen LogP contribution is 2.17. The van der Waals surface area contributed by atoms with E-state index in [2.05, 4.69) is 6.07 Å². The van der Waals surface area contributed by atoms with Crippen LogP contribution in [-0.2, 0) is 6.54 Å². The number of thiophene rings is 1. The van der Waals surface area contributed by atoms with Crippen molar-refractivity contribution in [1.29, 1.82) is 5.26 Å². The highest BCUT2D eigenvalue weighted by Gasteiger charge is 2.16. The summed E-state index contributed by atoms with van der Waals surface area (Å²) in [6.07, 6.45) is 0. The lowest BCUT2D eigenvalue weighted by molar-refractivity contribution is 0.525. The van der Waals surface area contributed by atoms with Crippen LogP contribution in [0.5, 0.6) is 0 Å². The van der Waals surface area contributed by atoms with Crippen LogP contribution in [0.3, 0.4) is 0 Å².